The van der Waals surface area contributed by atoms with E-state index in [1.54, 1.807) is 0 Å². The number of hydrogen-bond acceptors (Lipinski definition) is 2. The monoisotopic (exact) mass is 401 g/mol. The highest BCUT2D eigenvalue weighted by atomic mass is 31.1. The average Bonchev–Trinajstić information content (AvgIpc) is 2.64. The zero-order chi connectivity index (χ0) is 19.7. The van der Waals surface area contributed by atoms with E-state index in [2.05, 4.69) is 4.98 Å². The largest absolute Gasteiger partial charge is 0.481 e. The fraction of sp³-hybridized carbons (Fsp3) is 0.0556. The van der Waals surface area contributed by atoms with Crippen molar-refractivity contribution in [1.82, 2.24) is 4.98 Å². The van der Waals surface area contributed by atoms with E-state index in [0.717, 1.165) is 0 Å². The molecule has 3 aromatic rings. The van der Waals surface area contributed by atoms with Crippen molar-refractivity contribution < 1.29 is 31.1 Å². The van der Waals surface area contributed by atoms with Crippen molar-refractivity contribution in [2.24, 2.45) is 0 Å². The summed E-state index contributed by atoms with van der Waals surface area (Å²) >= 11 is 0. The van der Waals surface area contributed by atoms with Gasteiger partial charge in [0.15, 0.2) is 34.9 Å². The highest BCUT2D eigenvalue weighted by molar-refractivity contribution is 7.79. The molecule has 0 amide bonds. The zero-order valence-electron chi connectivity index (χ0n) is 13.6. The van der Waals surface area contributed by atoms with Crippen LogP contribution >= 0.6 is 7.92 Å². The van der Waals surface area contributed by atoms with Gasteiger partial charge in [0.05, 0.1) is 12.5 Å². The fourth-order valence-electron chi connectivity index (χ4n) is 2.40. The molecule has 0 saturated heterocycles. The second kappa shape index (κ2) is 7.56. The van der Waals surface area contributed by atoms with Crippen LogP contribution in [0.3, 0.4) is 0 Å². The Hall–Kier alpha value is -2.60. The topological polar surface area (TPSA) is 22.1 Å². The van der Waals surface area contributed by atoms with Crippen molar-refractivity contribution in [2.75, 3.05) is 7.11 Å². The van der Waals surface area contributed by atoms with Crippen LogP contribution in [0, 0.1) is 34.9 Å². The molecule has 1 heterocycles. The number of nitrogens with zero attached hydrogens (tertiary/aromatic N) is 1. The van der Waals surface area contributed by atoms with Gasteiger partial charge in [-0.3, -0.25) is 0 Å². The molecule has 0 N–H and O–H groups in total. The molecular weight excluding hydrogens is 391 g/mol. The number of pyridine rings is 1. The smallest absolute Gasteiger partial charge is 0.213 e. The highest BCUT2D eigenvalue weighted by Crippen LogP contribution is 2.34. The molecule has 0 aliphatic rings. The molecule has 0 unspecified atom stereocenters. The third-order valence-electron chi connectivity index (χ3n) is 3.60. The minimum Gasteiger partial charge on any atom is -0.481 e. The van der Waals surface area contributed by atoms with Gasteiger partial charge in [0.2, 0.25) is 5.88 Å². The number of hydrogen-bond donors (Lipinski definition) is 0. The van der Waals surface area contributed by atoms with Gasteiger partial charge in [0.1, 0.15) is 0 Å². The summed E-state index contributed by atoms with van der Waals surface area (Å²) < 4.78 is 86.6. The van der Waals surface area contributed by atoms with Crippen LogP contribution in [0.2, 0.25) is 0 Å². The first kappa shape index (κ1) is 19.2. The molecule has 9 heteroatoms. The minimum atomic E-state index is -2.04. The lowest BCUT2D eigenvalue weighted by molar-refractivity contribution is 0.399. The third kappa shape index (κ3) is 3.76. The Morgan fingerprint density at radius 3 is 1.59 bits per heavy atom. The summed E-state index contributed by atoms with van der Waals surface area (Å²) in [4.78, 5) is 4.14. The van der Waals surface area contributed by atoms with Gasteiger partial charge in [-0.15, -0.1) is 0 Å². The first-order chi connectivity index (χ1) is 12.8. The molecule has 140 valence electrons. The summed E-state index contributed by atoms with van der Waals surface area (Å²) in [5.41, 5.74) is 0.167. The van der Waals surface area contributed by atoms with Crippen LogP contribution in [0.4, 0.5) is 26.3 Å². The second-order valence-electron chi connectivity index (χ2n) is 5.32. The van der Waals surface area contributed by atoms with Gasteiger partial charge >= 0.3 is 0 Å². The van der Waals surface area contributed by atoms with Gasteiger partial charge in [-0.2, -0.15) is 0 Å². The van der Waals surface area contributed by atoms with Crippen LogP contribution in [-0.2, 0) is 0 Å². The maximum absolute atomic E-state index is 13.7. The number of ether oxygens (including phenoxy) is 1. The van der Waals surface area contributed by atoms with Gasteiger partial charge in [-0.25, -0.2) is 31.3 Å². The van der Waals surface area contributed by atoms with Gasteiger partial charge in [0, 0.05) is 14.0 Å². The predicted molar refractivity (Wildman–Crippen MR) is 89.2 cm³/mol. The number of benzene rings is 2. The summed E-state index contributed by atoms with van der Waals surface area (Å²) in [5.74, 6) is -9.09. The molecule has 0 aliphatic heterocycles. The molecule has 0 aliphatic carbocycles. The van der Waals surface area contributed by atoms with Crippen molar-refractivity contribution >= 4 is 24.0 Å². The molecule has 0 radical (unpaired) electrons. The number of aromatic nitrogens is 1. The second-order valence-corrected chi connectivity index (χ2v) is 7.48. The number of rotatable bonds is 4. The van der Waals surface area contributed by atoms with E-state index in [1.165, 1.54) is 25.3 Å². The van der Waals surface area contributed by atoms with E-state index in [-0.39, 0.29) is 21.9 Å². The van der Waals surface area contributed by atoms with E-state index in [4.69, 9.17) is 4.74 Å². The highest BCUT2D eigenvalue weighted by Gasteiger charge is 2.25. The van der Waals surface area contributed by atoms with Crippen molar-refractivity contribution in [1.29, 1.82) is 0 Å². The van der Waals surface area contributed by atoms with Gasteiger partial charge in [-0.1, -0.05) is 6.07 Å². The Balaban J connectivity index is 2.27. The maximum Gasteiger partial charge on any atom is 0.213 e. The quantitative estimate of drug-likeness (QED) is 0.378. The molecule has 0 spiro atoms. The van der Waals surface area contributed by atoms with Crippen LogP contribution in [0.25, 0.3) is 0 Å². The van der Waals surface area contributed by atoms with Crippen LogP contribution in [0.5, 0.6) is 5.88 Å². The predicted octanol–water partition coefficient (Wildman–Crippen LogP) is 3.68. The zero-order valence-corrected chi connectivity index (χ0v) is 14.5. The van der Waals surface area contributed by atoms with Crippen LogP contribution in [-0.4, -0.2) is 12.1 Å². The summed E-state index contributed by atoms with van der Waals surface area (Å²) in [7, 11) is -0.706. The lowest BCUT2D eigenvalue weighted by atomic mass is 10.3. The Morgan fingerprint density at radius 2 is 1.19 bits per heavy atom. The van der Waals surface area contributed by atoms with E-state index in [1.807, 2.05) is 0 Å². The summed E-state index contributed by atoms with van der Waals surface area (Å²) in [6, 6.07) is 7.31. The number of methoxy groups -OCH3 is 1. The molecule has 0 saturated carbocycles. The molecule has 2 aromatic carbocycles. The van der Waals surface area contributed by atoms with Crippen molar-refractivity contribution in [3.63, 3.8) is 0 Å². The molecule has 3 rings (SSSR count). The van der Waals surface area contributed by atoms with Crippen molar-refractivity contribution in [3.05, 3.63) is 77.4 Å². The summed E-state index contributed by atoms with van der Waals surface area (Å²) in [6.07, 6.45) is 0. The van der Waals surface area contributed by atoms with E-state index in [9.17, 15) is 26.3 Å². The third-order valence-corrected chi connectivity index (χ3v) is 5.86. The molecule has 0 bridgehead atoms. The standard InChI is InChI=1S/C18H10F6NOP/c1-26-15-3-2-4-16(25-15)27(9-5-11(19)17(23)12(20)6-9)10-7-13(21)18(24)14(22)8-10/h2-8H,1H3. The Morgan fingerprint density at radius 1 is 0.741 bits per heavy atom. The summed E-state index contributed by atoms with van der Waals surface area (Å²) in [6.45, 7) is 0. The Bertz CT molecular complexity index is 909. The van der Waals surface area contributed by atoms with Crippen LogP contribution < -0.4 is 20.8 Å². The lowest BCUT2D eigenvalue weighted by Crippen LogP contribution is -2.25. The molecular formula is C18H10F6NOP. The molecule has 27 heavy (non-hydrogen) atoms. The summed E-state index contributed by atoms with van der Waals surface area (Å²) in [5, 5.41) is -0.208. The number of halogens is 6. The van der Waals surface area contributed by atoms with E-state index >= 15 is 0 Å². The lowest BCUT2D eigenvalue weighted by Gasteiger charge is -2.19. The van der Waals surface area contributed by atoms with E-state index in [0.29, 0.717) is 24.3 Å². The maximum atomic E-state index is 13.7. The van der Waals surface area contributed by atoms with Gasteiger partial charge in [-0.05, 0) is 40.9 Å². The first-order valence-electron chi connectivity index (χ1n) is 7.42. The van der Waals surface area contributed by atoms with Crippen molar-refractivity contribution in [3.8, 4) is 5.88 Å². The first-order valence-corrected chi connectivity index (χ1v) is 8.76. The Kier molecular flexibility index (Phi) is 5.37. The average molecular weight is 401 g/mol. The van der Waals surface area contributed by atoms with Gasteiger partial charge in [0.25, 0.3) is 0 Å². The Labute approximate surface area is 151 Å². The van der Waals surface area contributed by atoms with E-state index < -0.39 is 42.8 Å². The SMILES string of the molecule is COc1cccc(P(c2cc(F)c(F)c(F)c2)c2cc(F)c(F)c(F)c2)n1. The normalized spacial score (nSPS) is 11.1. The van der Waals surface area contributed by atoms with Crippen LogP contribution in [0.15, 0.2) is 42.5 Å². The van der Waals surface area contributed by atoms with Crippen LogP contribution in [0.1, 0.15) is 0 Å². The molecule has 2 nitrogen and oxygen atoms in total. The van der Waals surface area contributed by atoms with Gasteiger partial charge < -0.3 is 4.74 Å². The molecule has 0 atom stereocenters. The fourth-order valence-corrected chi connectivity index (χ4v) is 4.63. The molecule has 1 aromatic heterocycles. The molecule has 0 fully saturated rings. The van der Waals surface area contributed by atoms with Crippen molar-refractivity contribution in [2.45, 2.75) is 0 Å². The minimum absolute atomic E-state index is 0.104.